The molecule has 0 spiro atoms. The smallest absolute Gasteiger partial charge is 0.272 e. The predicted octanol–water partition coefficient (Wildman–Crippen LogP) is 2.81. The van der Waals surface area contributed by atoms with Crippen molar-refractivity contribution in [2.75, 3.05) is 20.1 Å². The van der Waals surface area contributed by atoms with Gasteiger partial charge in [0.1, 0.15) is 17.7 Å². The lowest BCUT2D eigenvalue weighted by Crippen LogP contribution is -2.44. The van der Waals surface area contributed by atoms with Crippen LogP contribution in [0.1, 0.15) is 18.9 Å². The predicted molar refractivity (Wildman–Crippen MR) is 111 cm³/mol. The Morgan fingerprint density at radius 3 is 2.53 bits per heavy atom. The van der Waals surface area contributed by atoms with Crippen molar-refractivity contribution in [1.29, 1.82) is 0 Å². The Bertz CT molecular complexity index is 1130. The van der Waals surface area contributed by atoms with Gasteiger partial charge < -0.3 is 20.9 Å². The molecule has 1 amide bonds. The van der Waals surface area contributed by atoms with Gasteiger partial charge in [-0.25, -0.2) is 17.6 Å². The van der Waals surface area contributed by atoms with E-state index in [1.54, 1.807) is 13.0 Å². The van der Waals surface area contributed by atoms with Gasteiger partial charge in [0.25, 0.3) is 5.91 Å². The fourth-order valence-electron chi connectivity index (χ4n) is 4.12. The maximum Gasteiger partial charge on any atom is 0.272 e. The Hall–Kier alpha value is -3.56. The Balaban J connectivity index is 1.58. The van der Waals surface area contributed by atoms with E-state index in [1.807, 2.05) is 0 Å². The van der Waals surface area contributed by atoms with Crippen LogP contribution in [0.3, 0.4) is 0 Å². The number of aliphatic imine (C=N–C) groups is 1. The number of carbonyl (C=O) groups excluding carboxylic acids is 1. The van der Waals surface area contributed by atoms with Gasteiger partial charge in [-0.1, -0.05) is 0 Å². The van der Waals surface area contributed by atoms with Crippen LogP contribution in [0.4, 0.5) is 17.6 Å². The summed E-state index contributed by atoms with van der Waals surface area (Å²) in [5.41, 5.74) is 8.28. The zero-order chi connectivity index (χ0) is 23.2. The van der Waals surface area contributed by atoms with E-state index in [9.17, 15) is 22.4 Å². The lowest BCUT2D eigenvalue weighted by atomic mass is 9.94. The normalized spacial score (nSPS) is 21.1. The molecule has 4 rings (SSSR count). The third-order valence-corrected chi connectivity index (χ3v) is 5.61. The van der Waals surface area contributed by atoms with Gasteiger partial charge in [-0.05, 0) is 37.6 Å². The number of amides is 1. The number of fused-ring (bicyclic) bond motifs is 1. The summed E-state index contributed by atoms with van der Waals surface area (Å²) in [7, 11) is 1.44. The molecule has 1 unspecified atom stereocenters. The first-order valence-corrected chi connectivity index (χ1v) is 9.91. The second-order valence-electron chi connectivity index (χ2n) is 7.65. The van der Waals surface area contributed by atoms with E-state index in [0.717, 1.165) is 12.1 Å². The maximum absolute atomic E-state index is 13.8. The first-order chi connectivity index (χ1) is 15.2. The van der Waals surface area contributed by atoms with E-state index in [4.69, 9.17) is 5.73 Å². The number of hydrogen-bond acceptors (Lipinski definition) is 5. The monoisotopic (exact) mass is 447 g/mol. The largest absolute Gasteiger partial charge is 0.400 e. The molecule has 168 valence electrons. The number of nitrogens with two attached hydrogens (primary N) is 1. The molecule has 0 bridgehead atoms. The molecule has 1 aromatic rings. The molecule has 1 aromatic carbocycles. The van der Waals surface area contributed by atoms with Gasteiger partial charge in [0, 0.05) is 42.3 Å². The third kappa shape index (κ3) is 3.65. The second-order valence-corrected chi connectivity index (χ2v) is 7.65. The summed E-state index contributed by atoms with van der Waals surface area (Å²) in [4.78, 5) is 20.4. The number of nitrogens with zero attached hydrogens (tertiary/aromatic N) is 3. The van der Waals surface area contributed by atoms with Gasteiger partial charge in [0.2, 0.25) is 0 Å². The Kier molecular flexibility index (Phi) is 5.53. The van der Waals surface area contributed by atoms with Crippen LogP contribution in [0.15, 0.2) is 64.0 Å². The van der Waals surface area contributed by atoms with Crippen molar-refractivity contribution in [3.05, 3.63) is 82.0 Å². The molecule has 3 aliphatic heterocycles. The quantitative estimate of drug-likeness (QED) is 0.425. The number of allylic oxidation sites excluding steroid dienone is 3. The number of carbonyl (C=O) groups is 1. The average Bonchev–Trinajstić information content (AvgIpc) is 3.07. The van der Waals surface area contributed by atoms with Gasteiger partial charge in [-0.2, -0.15) is 0 Å². The first kappa shape index (κ1) is 21.7. The minimum Gasteiger partial charge on any atom is -0.400 e. The van der Waals surface area contributed by atoms with Crippen molar-refractivity contribution in [2.45, 2.75) is 19.5 Å². The molecule has 1 atom stereocenters. The summed E-state index contributed by atoms with van der Waals surface area (Å²) in [6.45, 7) is 2.05. The number of halogens is 4. The summed E-state index contributed by atoms with van der Waals surface area (Å²) >= 11 is 0. The van der Waals surface area contributed by atoms with Gasteiger partial charge in [-0.15, -0.1) is 0 Å². The van der Waals surface area contributed by atoms with Gasteiger partial charge in [0.05, 0.1) is 12.3 Å². The molecule has 32 heavy (non-hydrogen) atoms. The molecule has 3 aliphatic rings. The van der Waals surface area contributed by atoms with Crippen molar-refractivity contribution >= 4 is 11.6 Å². The zero-order valence-electron chi connectivity index (χ0n) is 17.4. The minimum atomic E-state index is -1.56. The molecule has 0 saturated heterocycles. The van der Waals surface area contributed by atoms with Gasteiger partial charge in [-0.3, -0.25) is 9.79 Å². The molecule has 0 aliphatic carbocycles. The summed E-state index contributed by atoms with van der Waals surface area (Å²) < 4.78 is 54.5. The summed E-state index contributed by atoms with van der Waals surface area (Å²) in [6, 6.07) is 1.73. The van der Waals surface area contributed by atoms with E-state index in [1.165, 1.54) is 29.1 Å². The zero-order valence-corrected chi connectivity index (χ0v) is 17.4. The summed E-state index contributed by atoms with van der Waals surface area (Å²) in [5.74, 6) is -5.00. The first-order valence-electron chi connectivity index (χ1n) is 9.91. The van der Waals surface area contributed by atoms with Gasteiger partial charge in [0.15, 0.2) is 17.5 Å². The van der Waals surface area contributed by atoms with Crippen molar-refractivity contribution in [3.63, 3.8) is 0 Å². The fourth-order valence-corrected chi connectivity index (χ4v) is 4.12. The number of benzene rings is 1. The van der Waals surface area contributed by atoms with E-state index in [-0.39, 0.29) is 42.9 Å². The Labute approximate surface area is 182 Å². The highest BCUT2D eigenvalue weighted by molar-refractivity contribution is 6.13. The average molecular weight is 447 g/mol. The van der Waals surface area contributed by atoms with Crippen LogP contribution >= 0.6 is 0 Å². The molecule has 3 N–H and O–H groups in total. The van der Waals surface area contributed by atoms with Crippen LogP contribution < -0.4 is 11.1 Å². The molecule has 0 aromatic heterocycles. The minimum absolute atomic E-state index is 0.0523. The molecule has 0 fully saturated rings. The van der Waals surface area contributed by atoms with Crippen LogP contribution in [-0.2, 0) is 4.79 Å². The molecular weight excluding hydrogens is 426 g/mol. The molecular formula is C22H21F4N5O. The molecule has 3 heterocycles. The fraction of sp³-hybridized carbons (Fsp3) is 0.273. The lowest BCUT2D eigenvalue weighted by Gasteiger charge is -2.32. The van der Waals surface area contributed by atoms with Crippen molar-refractivity contribution in [3.8, 4) is 0 Å². The summed E-state index contributed by atoms with van der Waals surface area (Å²) in [5, 5.41) is 3.13. The molecule has 10 heteroatoms. The van der Waals surface area contributed by atoms with Crippen molar-refractivity contribution in [2.24, 2.45) is 10.7 Å². The number of hydrogen-bond donors (Lipinski definition) is 2. The van der Waals surface area contributed by atoms with Crippen LogP contribution in [0, 0.1) is 17.5 Å². The highest BCUT2D eigenvalue weighted by Gasteiger charge is 2.36. The standard InChI is InChI=1S/C22H21F4N5O/c1-11-21(31-9-13(23)3-4-18(31)29-11)22(32)30-6-5-14(17(27)10-30)20(28-2)12-7-15(24)19(26)16(25)8-12/h3-4,7-9,18,29H,5-6,10,27H2,1-2H3. The summed E-state index contributed by atoms with van der Waals surface area (Å²) in [6.07, 6.45) is 4.14. The second kappa shape index (κ2) is 8.18. The molecule has 0 saturated carbocycles. The lowest BCUT2D eigenvalue weighted by molar-refractivity contribution is -0.128. The van der Waals surface area contributed by atoms with Crippen LogP contribution in [0.5, 0.6) is 0 Å². The third-order valence-electron chi connectivity index (χ3n) is 5.61. The van der Waals surface area contributed by atoms with Gasteiger partial charge >= 0.3 is 0 Å². The Morgan fingerprint density at radius 2 is 1.91 bits per heavy atom. The number of nitrogens with one attached hydrogen (secondary N) is 1. The van der Waals surface area contributed by atoms with Crippen LogP contribution in [-0.4, -0.2) is 47.7 Å². The van der Waals surface area contributed by atoms with E-state index < -0.39 is 23.3 Å². The molecule has 0 radical (unpaired) electrons. The van der Waals surface area contributed by atoms with E-state index in [2.05, 4.69) is 10.3 Å². The van der Waals surface area contributed by atoms with Crippen LogP contribution in [0.2, 0.25) is 0 Å². The highest BCUT2D eigenvalue weighted by Crippen LogP contribution is 2.29. The SMILES string of the molecule is CN=C(C1=C(N)CN(C(=O)C2=C(C)NC3C=CC(F)=CN23)CC1)c1cc(F)c(F)c(F)c1. The topological polar surface area (TPSA) is 74.0 Å². The van der Waals surface area contributed by atoms with Crippen LogP contribution in [0.25, 0.3) is 0 Å². The number of rotatable bonds is 3. The Morgan fingerprint density at radius 1 is 1.22 bits per heavy atom. The highest BCUT2D eigenvalue weighted by atomic mass is 19.2. The maximum atomic E-state index is 13.8. The van der Waals surface area contributed by atoms with E-state index in [0.29, 0.717) is 22.7 Å². The van der Waals surface area contributed by atoms with Crippen molar-refractivity contribution in [1.82, 2.24) is 15.1 Å². The van der Waals surface area contributed by atoms with Crippen molar-refractivity contribution < 1.29 is 22.4 Å². The van der Waals surface area contributed by atoms with E-state index >= 15 is 0 Å². The molecule has 6 nitrogen and oxygen atoms in total.